The molecule has 1 fully saturated rings. The van der Waals surface area contributed by atoms with E-state index in [9.17, 15) is 13.2 Å². The first-order chi connectivity index (χ1) is 12.3. The Morgan fingerprint density at radius 2 is 1.92 bits per heavy atom. The SMILES string of the molecule is C[C@@H](On1nnc2ccc(S(=O)(=O)N(C)C)cc21)C(=O)N1CCCCC1. The zero-order chi connectivity index (χ0) is 18.9. The van der Waals surface area contributed by atoms with Crippen molar-refractivity contribution in [3.05, 3.63) is 18.2 Å². The number of benzene rings is 1. The van der Waals surface area contributed by atoms with Gasteiger partial charge in [-0.25, -0.2) is 12.7 Å². The summed E-state index contributed by atoms with van der Waals surface area (Å²) in [6, 6.07) is 4.48. The summed E-state index contributed by atoms with van der Waals surface area (Å²) in [5.41, 5.74) is 0.881. The number of amides is 1. The molecule has 26 heavy (non-hydrogen) atoms. The second-order valence-corrected chi connectivity index (χ2v) is 8.69. The van der Waals surface area contributed by atoms with E-state index in [0.29, 0.717) is 11.0 Å². The standard InChI is InChI=1S/C16H23N5O4S/c1-12(16(22)20-9-5-4-6-10-20)25-21-15-11-13(26(23,24)19(2)3)7-8-14(15)17-18-21/h7-8,11-12H,4-6,9-10H2,1-3H3/t12-/m1/s1. The maximum absolute atomic E-state index is 12.5. The van der Waals surface area contributed by atoms with E-state index in [-0.39, 0.29) is 10.8 Å². The predicted octanol–water partition coefficient (Wildman–Crippen LogP) is 0.511. The van der Waals surface area contributed by atoms with Gasteiger partial charge in [0.2, 0.25) is 16.1 Å². The third kappa shape index (κ3) is 3.51. The highest BCUT2D eigenvalue weighted by Gasteiger charge is 2.25. The van der Waals surface area contributed by atoms with Gasteiger partial charge in [0.05, 0.1) is 4.90 Å². The molecular formula is C16H23N5O4S. The molecule has 1 amide bonds. The Morgan fingerprint density at radius 1 is 1.23 bits per heavy atom. The van der Waals surface area contributed by atoms with Crippen molar-refractivity contribution in [2.75, 3.05) is 27.2 Å². The van der Waals surface area contributed by atoms with Gasteiger partial charge in [0.1, 0.15) is 11.0 Å². The van der Waals surface area contributed by atoms with Gasteiger partial charge in [0, 0.05) is 27.2 Å². The van der Waals surface area contributed by atoms with Gasteiger partial charge in [-0.2, -0.15) is 0 Å². The highest BCUT2D eigenvalue weighted by molar-refractivity contribution is 7.89. The van der Waals surface area contributed by atoms with E-state index >= 15 is 0 Å². The molecule has 2 aromatic rings. The van der Waals surface area contributed by atoms with Gasteiger partial charge in [-0.3, -0.25) is 4.79 Å². The van der Waals surface area contributed by atoms with Crippen LogP contribution in [-0.2, 0) is 14.8 Å². The van der Waals surface area contributed by atoms with E-state index < -0.39 is 16.1 Å². The number of carbonyl (C=O) groups excluding carboxylic acids is 1. The minimum absolute atomic E-state index is 0.106. The van der Waals surface area contributed by atoms with E-state index in [4.69, 9.17) is 4.84 Å². The molecule has 1 saturated heterocycles. The summed E-state index contributed by atoms with van der Waals surface area (Å²) in [4.78, 5) is 21.2. The lowest BCUT2D eigenvalue weighted by Crippen LogP contribution is -2.45. The fraction of sp³-hybridized carbons (Fsp3) is 0.562. The number of likely N-dealkylation sites (tertiary alicyclic amines) is 1. The minimum Gasteiger partial charge on any atom is -0.382 e. The van der Waals surface area contributed by atoms with Crippen LogP contribution in [0.15, 0.2) is 23.1 Å². The van der Waals surface area contributed by atoms with Gasteiger partial charge in [-0.15, -0.1) is 5.10 Å². The van der Waals surface area contributed by atoms with Crippen molar-refractivity contribution in [3.63, 3.8) is 0 Å². The summed E-state index contributed by atoms with van der Waals surface area (Å²) in [6.07, 6.45) is 2.38. The number of aromatic nitrogens is 3. The second kappa shape index (κ2) is 7.20. The van der Waals surface area contributed by atoms with E-state index in [2.05, 4.69) is 10.3 Å². The summed E-state index contributed by atoms with van der Waals surface area (Å²) in [5, 5.41) is 7.86. The molecule has 2 heterocycles. The Balaban J connectivity index is 1.85. The number of sulfonamides is 1. The van der Waals surface area contributed by atoms with Gasteiger partial charge < -0.3 is 9.74 Å². The smallest absolute Gasteiger partial charge is 0.266 e. The Hall–Kier alpha value is -2.20. The summed E-state index contributed by atoms with van der Waals surface area (Å²) in [7, 11) is -0.665. The molecule has 10 heteroatoms. The van der Waals surface area contributed by atoms with E-state index in [1.54, 1.807) is 17.9 Å². The molecule has 1 aromatic carbocycles. The molecule has 0 bridgehead atoms. The lowest BCUT2D eigenvalue weighted by Gasteiger charge is -2.28. The van der Waals surface area contributed by atoms with Gasteiger partial charge in [0.25, 0.3) is 5.91 Å². The number of carbonyl (C=O) groups is 1. The van der Waals surface area contributed by atoms with Crippen molar-refractivity contribution < 1.29 is 18.0 Å². The molecule has 1 aliphatic heterocycles. The summed E-state index contributed by atoms with van der Waals surface area (Å²) < 4.78 is 25.8. The lowest BCUT2D eigenvalue weighted by molar-refractivity contribution is -0.144. The van der Waals surface area contributed by atoms with Crippen molar-refractivity contribution in [1.82, 2.24) is 24.4 Å². The van der Waals surface area contributed by atoms with Crippen molar-refractivity contribution in [2.45, 2.75) is 37.2 Å². The predicted molar refractivity (Wildman–Crippen MR) is 94.9 cm³/mol. The molecule has 9 nitrogen and oxygen atoms in total. The number of fused-ring (bicyclic) bond motifs is 1. The fourth-order valence-corrected chi connectivity index (χ4v) is 3.82. The van der Waals surface area contributed by atoms with Crippen LogP contribution in [0.2, 0.25) is 0 Å². The first-order valence-electron chi connectivity index (χ1n) is 8.54. The van der Waals surface area contributed by atoms with Crippen LogP contribution in [0.3, 0.4) is 0 Å². The molecule has 1 aromatic heterocycles. The zero-order valence-corrected chi connectivity index (χ0v) is 15.9. The number of nitrogens with zero attached hydrogens (tertiary/aromatic N) is 5. The first kappa shape index (κ1) is 18.6. The molecule has 0 N–H and O–H groups in total. The molecule has 0 radical (unpaired) electrons. The Kier molecular flexibility index (Phi) is 5.15. The van der Waals surface area contributed by atoms with Gasteiger partial charge in [-0.1, -0.05) is 4.85 Å². The molecule has 0 aliphatic carbocycles. The Labute approximate surface area is 152 Å². The molecule has 1 aliphatic rings. The number of rotatable bonds is 5. The summed E-state index contributed by atoms with van der Waals surface area (Å²) in [6.45, 7) is 3.12. The number of piperidine rings is 1. The molecule has 142 valence electrons. The molecule has 3 rings (SSSR count). The van der Waals surface area contributed by atoms with Gasteiger partial charge in [-0.05, 0) is 49.6 Å². The Bertz CT molecular complexity index is 903. The third-order valence-electron chi connectivity index (χ3n) is 4.44. The molecular weight excluding hydrogens is 358 g/mol. The second-order valence-electron chi connectivity index (χ2n) is 6.53. The highest BCUT2D eigenvalue weighted by Crippen LogP contribution is 2.19. The molecule has 1 atom stereocenters. The van der Waals surface area contributed by atoms with Crippen LogP contribution in [0, 0.1) is 0 Å². The maximum atomic E-state index is 12.5. The normalized spacial score (nSPS) is 16.8. The monoisotopic (exact) mass is 381 g/mol. The van der Waals surface area contributed by atoms with Crippen molar-refractivity contribution >= 4 is 27.0 Å². The zero-order valence-electron chi connectivity index (χ0n) is 15.1. The van der Waals surface area contributed by atoms with E-state index in [1.807, 2.05) is 0 Å². The van der Waals surface area contributed by atoms with Crippen molar-refractivity contribution in [1.29, 1.82) is 0 Å². The lowest BCUT2D eigenvalue weighted by atomic mass is 10.1. The summed E-state index contributed by atoms with van der Waals surface area (Å²) >= 11 is 0. The van der Waals surface area contributed by atoms with Crippen LogP contribution in [-0.4, -0.2) is 72.0 Å². The number of hydrogen-bond donors (Lipinski definition) is 0. The van der Waals surface area contributed by atoms with Crippen LogP contribution >= 0.6 is 0 Å². The van der Waals surface area contributed by atoms with Gasteiger partial charge >= 0.3 is 0 Å². The number of hydrogen-bond acceptors (Lipinski definition) is 6. The molecule has 0 saturated carbocycles. The topological polar surface area (TPSA) is 97.6 Å². The van der Waals surface area contributed by atoms with Crippen LogP contribution in [0.5, 0.6) is 0 Å². The van der Waals surface area contributed by atoms with E-state index in [1.165, 1.54) is 26.2 Å². The first-order valence-corrected chi connectivity index (χ1v) is 9.98. The third-order valence-corrected chi connectivity index (χ3v) is 6.25. The van der Waals surface area contributed by atoms with Crippen LogP contribution in [0.25, 0.3) is 11.0 Å². The highest BCUT2D eigenvalue weighted by atomic mass is 32.2. The fourth-order valence-electron chi connectivity index (χ4n) is 2.89. The maximum Gasteiger partial charge on any atom is 0.266 e. The Morgan fingerprint density at radius 3 is 2.58 bits per heavy atom. The molecule has 0 unspecified atom stereocenters. The minimum atomic E-state index is -3.59. The van der Waals surface area contributed by atoms with Gasteiger partial charge in [0.15, 0.2) is 0 Å². The van der Waals surface area contributed by atoms with E-state index in [0.717, 1.165) is 41.5 Å². The summed E-state index contributed by atoms with van der Waals surface area (Å²) in [5.74, 6) is -0.106. The average Bonchev–Trinajstić information content (AvgIpc) is 3.03. The van der Waals surface area contributed by atoms with Crippen molar-refractivity contribution in [3.8, 4) is 0 Å². The van der Waals surface area contributed by atoms with Crippen LogP contribution < -0.4 is 4.84 Å². The van der Waals surface area contributed by atoms with Crippen molar-refractivity contribution in [2.24, 2.45) is 0 Å². The molecule has 0 spiro atoms. The average molecular weight is 381 g/mol. The largest absolute Gasteiger partial charge is 0.382 e. The quantitative estimate of drug-likeness (QED) is 0.749. The van der Waals surface area contributed by atoms with Crippen LogP contribution in [0.4, 0.5) is 0 Å². The van der Waals surface area contributed by atoms with Crippen LogP contribution in [0.1, 0.15) is 26.2 Å².